The molecule has 2 heterocycles. The highest BCUT2D eigenvalue weighted by atomic mass is 16.5. The van der Waals surface area contributed by atoms with Gasteiger partial charge in [0, 0.05) is 32.2 Å². The number of hydrogen-bond acceptors (Lipinski definition) is 5. The van der Waals surface area contributed by atoms with Crippen LogP contribution in [0.3, 0.4) is 0 Å². The van der Waals surface area contributed by atoms with Crippen molar-refractivity contribution in [1.82, 2.24) is 15.5 Å². The van der Waals surface area contributed by atoms with E-state index in [1.807, 2.05) is 0 Å². The van der Waals surface area contributed by atoms with Gasteiger partial charge in [-0.2, -0.15) is 4.98 Å². The molecule has 78 valence electrons. The van der Waals surface area contributed by atoms with Gasteiger partial charge >= 0.3 is 0 Å². The van der Waals surface area contributed by atoms with Gasteiger partial charge in [0.25, 0.3) is 0 Å². The van der Waals surface area contributed by atoms with E-state index in [0.29, 0.717) is 6.04 Å². The summed E-state index contributed by atoms with van der Waals surface area (Å²) in [5.74, 6) is 0.768. The molecule has 1 saturated heterocycles. The molecule has 1 fully saturated rings. The van der Waals surface area contributed by atoms with E-state index in [9.17, 15) is 0 Å². The normalized spacial score (nSPS) is 18.6. The molecular formula is C9H15N3O2. The molecule has 2 rings (SSSR count). The van der Waals surface area contributed by atoms with Crippen molar-refractivity contribution < 1.29 is 9.26 Å². The van der Waals surface area contributed by atoms with Crippen LogP contribution >= 0.6 is 0 Å². The molecule has 1 aromatic heterocycles. The van der Waals surface area contributed by atoms with Gasteiger partial charge in [-0.05, 0) is 12.8 Å². The standard InChI is InChI=1S/C9H15N3O2/c1(9-11-7-14-12-9)4-10-8-2-5-13-6-3-8/h7-8,10H,1-6H2. The summed E-state index contributed by atoms with van der Waals surface area (Å²) in [5, 5.41) is 7.21. The Morgan fingerprint density at radius 3 is 3.00 bits per heavy atom. The van der Waals surface area contributed by atoms with Gasteiger partial charge in [0.05, 0.1) is 0 Å². The quantitative estimate of drug-likeness (QED) is 0.756. The topological polar surface area (TPSA) is 60.2 Å². The lowest BCUT2D eigenvalue weighted by atomic mass is 10.1. The van der Waals surface area contributed by atoms with E-state index in [1.165, 1.54) is 6.39 Å². The molecule has 0 aliphatic carbocycles. The Labute approximate surface area is 82.8 Å². The molecule has 0 radical (unpaired) electrons. The second kappa shape index (κ2) is 5.07. The molecule has 1 N–H and O–H groups in total. The molecule has 0 saturated carbocycles. The first-order valence-electron chi connectivity index (χ1n) is 5.01. The predicted octanol–water partition coefficient (Wildman–Crippen LogP) is 0.381. The summed E-state index contributed by atoms with van der Waals surface area (Å²) in [6, 6.07) is 0.593. The van der Waals surface area contributed by atoms with Gasteiger partial charge in [0.1, 0.15) is 0 Å². The van der Waals surface area contributed by atoms with Crippen LogP contribution in [-0.2, 0) is 11.2 Å². The number of aromatic nitrogens is 2. The zero-order valence-electron chi connectivity index (χ0n) is 8.11. The van der Waals surface area contributed by atoms with Crippen LogP contribution < -0.4 is 5.32 Å². The summed E-state index contributed by atoms with van der Waals surface area (Å²) < 4.78 is 9.92. The summed E-state index contributed by atoms with van der Waals surface area (Å²) in [5.41, 5.74) is 0. The molecular weight excluding hydrogens is 182 g/mol. The van der Waals surface area contributed by atoms with Crippen LogP contribution in [0, 0.1) is 0 Å². The van der Waals surface area contributed by atoms with E-state index in [-0.39, 0.29) is 0 Å². The maximum absolute atomic E-state index is 5.27. The van der Waals surface area contributed by atoms with E-state index in [1.54, 1.807) is 0 Å². The second-order valence-corrected chi connectivity index (χ2v) is 3.44. The van der Waals surface area contributed by atoms with Crippen LogP contribution in [0.1, 0.15) is 18.7 Å². The van der Waals surface area contributed by atoms with Gasteiger partial charge in [0.15, 0.2) is 5.82 Å². The van der Waals surface area contributed by atoms with Gasteiger partial charge < -0.3 is 14.6 Å². The Balaban J connectivity index is 1.62. The van der Waals surface area contributed by atoms with Crippen LogP contribution in [0.4, 0.5) is 0 Å². The third-order valence-corrected chi connectivity index (χ3v) is 2.41. The molecule has 0 unspecified atom stereocenters. The maximum Gasteiger partial charge on any atom is 0.213 e. The molecule has 5 nitrogen and oxygen atoms in total. The smallest absolute Gasteiger partial charge is 0.213 e. The minimum absolute atomic E-state index is 0.593. The number of hydrogen-bond donors (Lipinski definition) is 1. The lowest BCUT2D eigenvalue weighted by Crippen LogP contribution is -2.36. The lowest BCUT2D eigenvalue weighted by molar-refractivity contribution is 0.0781. The SMILES string of the molecule is c1nc(CCNC2CCOCC2)no1. The van der Waals surface area contributed by atoms with Crippen LogP contribution in [0.15, 0.2) is 10.9 Å². The predicted molar refractivity (Wildman–Crippen MR) is 49.8 cm³/mol. The monoisotopic (exact) mass is 197 g/mol. The molecule has 1 aliphatic rings. The average Bonchev–Trinajstić information content (AvgIpc) is 2.72. The van der Waals surface area contributed by atoms with E-state index >= 15 is 0 Å². The molecule has 1 aliphatic heterocycles. The molecule has 0 atom stereocenters. The van der Waals surface area contributed by atoms with Gasteiger partial charge in [-0.1, -0.05) is 5.16 Å². The van der Waals surface area contributed by atoms with E-state index in [0.717, 1.165) is 44.8 Å². The van der Waals surface area contributed by atoms with Crippen LogP contribution in [0.2, 0.25) is 0 Å². The second-order valence-electron chi connectivity index (χ2n) is 3.44. The van der Waals surface area contributed by atoms with Crippen molar-refractivity contribution in [2.45, 2.75) is 25.3 Å². The first kappa shape index (κ1) is 9.61. The first-order valence-corrected chi connectivity index (χ1v) is 5.01. The minimum atomic E-state index is 0.593. The summed E-state index contributed by atoms with van der Waals surface area (Å²) in [6.07, 6.45) is 4.40. The van der Waals surface area contributed by atoms with Gasteiger partial charge in [-0.15, -0.1) is 0 Å². The highest BCUT2D eigenvalue weighted by Crippen LogP contribution is 2.05. The van der Waals surface area contributed by atoms with E-state index in [2.05, 4.69) is 20.0 Å². The van der Waals surface area contributed by atoms with Crippen molar-refractivity contribution in [3.05, 3.63) is 12.2 Å². The number of nitrogens with zero attached hydrogens (tertiary/aromatic N) is 2. The fourth-order valence-electron chi connectivity index (χ4n) is 1.59. The Morgan fingerprint density at radius 1 is 1.43 bits per heavy atom. The molecule has 0 aromatic carbocycles. The van der Waals surface area contributed by atoms with Gasteiger partial charge in [-0.3, -0.25) is 0 Å². The zero-order valence-corrected chi connectivity index (χ0v) is 8.11. The number of rotatable bonds is 4. The van der Waals surface area contributed by atoms with Gasteiger partial charge in [-0.25, -0.2) is 0 Å². The highest BCUT2D eigenvalue weighted by molar-refractivity contribution is 4.80. The first-order chi connectivity index (χ1) is 6.95. The van der Waals surface area contributed by atoms with Crippen molar-refractivity contribution in [2.24, 2.45) is 0 Å². The van der Waals surface area contributed by atoms with Gasteiger partial charge in [0.2, 0.25) is 6.39 Å². The fourth-order valence-corrected chi connectivity index (χ4v) is 1.59. The van der Waals surface area contributed by atoms with Crippen molar-refractivity contribution in [3.63, 3.8) is 0 Å². The molecule has 5 heteroatoms. The van der Waals surface area contributed by atoms with Crippen LogP contribution in [0.5, 0.6) is 0 Å². The molecule has 0 bridgehead atoms. The maximum atomic E-state index is 5.27. The highest BCUT2D eigenvalue weighted by Gasteiger charge is 2.12. The zero-order chi connectivity index (χ0) is 9.64. The molecule has 14 heavy (non-hydrogen) atoms. The van der Waals surface area contributed by atoms with Crippen molar-refractivity contribution in [2.75, 3.05) is 19.8 Å². The summed E-state index contributed by atoms with van der Waals surface area (Å²) in [7, 11) is 0. The molecule has 1 aromatic rings. The molecule has 0 spiro atoms. The third-order valence-electron chi connectivity index (χ3n) is 2.41. The summed E-state index contributed by atoms with van der Waals surface area (Å²) >= 11 is 0. The minimum Gasteiger partial charge on any atom is -0.381 e. The van der Waals surface area contributed by atoms with E-state index in [4.69, 9.17) is 4.74 Å². The molecule has 0 amide bonds. The van der Waals surface area contributed by atoms with Crippen molar-refractivity contribution in [1.29, 1.82) is 0 Å². The van der Waals surface area contributed by atoms with E-state index < -0.39 is 0 Å². The fraction of sp³-hybridized carbons (Fsp3) is 0.778. The Morgan fingerprint density at radius 2 is 2.29 bits per heavy atom. The largest absolute Gasteiger partial charge is 0.381 e. The number of nitrogens with one attached hydrogen (secondary N) is 1. The Kier molecular flexibility index (Phi) is 3.48. The lowest BCUT2D eigenvalue weighted by Gasteiger charge is -2.22. The summed E-state index contributed by atoms with van der Waals surface area (Å²) in [4.78, 5) is 3.96. The third kappa shape index (κ3) is 2.78. The Bertz CT molecular complexity index is 245. The van der Waals surface area contributed by atoms with Crippen LogP contribution in [0.25, 0.3) is 0 Å². The van der Waals surface area contributed by atoms with Crippen molar-refractivity contribution >= 4 is 0 Å². The Hall–Kier alpha value is -0.940. The summed E-state index contributed by atoms with van der Waals surface area (Å²) in [6.45, 7) is 2.66. The van der Waals surface area contributed by atoms with Crippen LogP contribution in [-0.4, -0.2) is 35.9 Å². The van der Waals surface area contributed by atoms with Crippen molar-refractivity contribution in [3.8, 4) is 0 Å². The average molecular weight is 197 g/mol. The number of ether oxygens (including phenoxy) is 1.